The van der Waals surface area contributed by atoms with Gasteiger partial charge in [-0.05, 0) is 43.7 Å². The summed E-state index contributed by atoms with van der Waals surface area (Å²) in [5, 5.41) is 0. The van der Waals surface area contributed by atoms with Crippen LogP contribution in [0.25, 0.3) is 0 Å². The smallest absolute Gasteiger partial charge is 0.160 e. The number of hydrogen-bond donors (Lipinski definition) is 0. The SMILES string of the molecule is CCN(C)/C=N\c1cc(F)cc(N(C)c2ccc(F)c(F)c2)c1C. The molecule has 0 heterocycles. The summed E-state index contributed by atoms with van der Waals surface area (Å²) in [4.78, 5) is 7.77. The zero-order chi connectivity index (χ0) is 17.9. The fraction of sp³-hybridized carbons (Fsp3) is 0.278. The average molecular weight is 335 g/mol. The molecule has 24 heavy (non-hydrogen) atoms. The van der Waals surface area contributed by atoms with E-state index in [9.17, 15) is 13.2 Å². The molecule has 0 bridgehead atoms. The van der Waals surface area contributed by atoms with Crippen LogP contribution >= 0.6 is 0 Å². The van der Waals surface area contributed by atoms with Crippen molar-refractivity contribution >= 4 is 23.4 Å². The molecule has 0 spiro atoms. The number of halogens is 3. The third kappa shape index (κ3) is 3.88. The van der Waals surface area contributed by atoms with E-state index in [-0.39, 0.29) is 0 Å². The molecule has 128 valence electrons. The van der Waals surface area contributed by atoms with Gasteiger partial charge in [0.2, 0.25) is 0 Å². The fourth-order valence-electron chi connectivity index (χ4n) is 2.21. The summed E-state index contributed by atoms with van der Waals surface area (Å²) in [6.07, 6.45) is 1.63. The Morgan fingerprint density at radius 2 is 1.75 bits per heavy atom. The number of benzene rings is 2. The van der Waals surface area contributed by atoms with Gasteiger partial charge in [-0.25, -0.2) is 18.2 Å². The Bertz CT molecular complexity index is 759. The molecule has 2 rings (SSSR count). The van der Waals surface area contributed by atoms with Gasteiger partial charge < -0.3 is 9.80 Å². The number of hydrogen-bond acceptors (Lipinski definition) is 2. The number of nitrogens with zero attached hydrogens (tertiary/aromatic N) is 3. The summed E-state index contributed by atoms with van der Waals surface area (Å²) in [5.41, 5.74) is 2.18. The predicted octanol–water partition coefficient (Wildman–Crippen LogP) is 4.79. The van der Waals surface area contributed by atoms with Crippen LogP contribution in [-0.4, -0.2) is 31.9 Å². The lowest BCUT2D eigenvalue weighted by Crippen LogP contribution is -2.14. The summed E-state index contributed by atoms with van der Waals surface area (Å²) >= 11 is 0. The topological polar surface area (TPSA) is 18.8 Å². The maximum Gasteiger partial charge on any atom is 0.160 e. The van der Waals surface area contributed by atoms with E-state index in [4.69, 9.17) is 0 Å². The van der Waals surface area contributed by atoms with Gasteiger partial charge in [-0.15, -0.1) is 0 Å². The van der Waals surface area contributed by atoms with E-state index in [1.807, 2.05) is 25.8 Å². The third-order valence-corrected chi connectivity index (χ3v) is 3.86. The Balaban J connectivity index is 2.44. The van der Waals surface area contributed by atoms with Gasteiger partial charge in [-0.3, -0.25) is 0 Å². The van der Waals surface area contributed by atoms with Crippen LogP contribution in [0.3, 0.4) is 0 Å². The molecule has 0 radical (unpaired) electrons. The van der Waals surface area contributed by atoms with E-state index >= 15 is 0 Å². The molecular formula is C18H20F3N3. The molecule has 0 aliphatic rings. The monoisotopic (exact) mass is 335 g/mol. The molecular weight excluding hydrogens is 315 g/mol. The minimum absolute atomic E-state index is 0.420. The molecule has 0 N–H and O–H groups in total. The second-order valence-electron chi connectivity index (χ2n) is 5.54. The highest BCUT2D eigenvalue weighted by atomic mass is 19.2. The predicted molar refractivity (Wildman–Crippen MR) is 92.0 cm³/mol. The van der Waals surface area contributed by atoms with Crippen LogP contribution in [0.15, 0.2) is 35.3 Å². The summed E-state index contributed by atoms with van der Waals surface area (Å²) < 4.78 is 40.5. The largest absolute Gasteiger partial charge is 0.366 e. The zero-order valence-corrected chi connectivity index (χ0v) is 14.1. The van der Waals surface area contributed by atoms with Crippen molar-refractivity contribution in [2.75, 3.05) is 25.5 Å². The highest BCUT2D eigenvalue weighted by molar-refractivity contribution is 5.73. The van der Waals surface area contributed by atoms with Gasteiger partial charge in [0.15, 0.2) is 11.6 Å². The van der Waals surface area contributed by atoms with E-state index in [1.54, 1.807) is 18.3 Å². The van der Waals surface area contributed by atoms with Crippen molar-refractivity contribution in [3.63, 3.8) is 0 Å². The summed E-state index contributed by atoms with van der Waals surface area (Å²) in [7, 11) is 3.53. The molecule has 0 saturated carbocycles. The first kappa shape index (κ1) is 17.8. The first-order valence-electron chi connectivity index (χ1n) is 7.56. The normalized spacial score (nSPS) is 11.1. The van der Waals surface area contributed by atoms with Crippen molar-refractivity contribution in [3.8, 4) is 0 Å². The van der Waals surface area contributed by atoms with Crippen molar-refractivity contribution in [2.24, 2.45) is 4.99 Å². The lowest BCUT2D eigenvalue weighted by Gasteiger charge is -2.23. The second-order valence-corrected chi connectivity index (χ2v) is 5.54. The maximum atomic E-state index is 14.0. The summed E-state index contributed by atoms with van der Waals surface area (Å²) in [5.74, 6) is -2.32. The van der Waals surface area contributed by atoms with Gasteiger partial charge in [0.05, 0.1) is 12.0 Å². The number of anilines is 2. The Kier molecular flexibility index (Phi) is 5.49. The van der Waals surface area contributed by atoms with Crippen LogP contribution in [-0.2, 0) is 0 Å². The number of rotatable bonds is 5. The van der Waals surface area contributed by atoms with Gasteiger partial charge in [0, 0.05) is 38.1 Å². The van der Waals surface area contributed by atoms with Crippen LogP contribution in [0.1, 0.15) is 12.5 Å². The van der Waals surface area contributed by atoms with E-state index in [1.165, 1.54) is 18.2 Å². The Hall–Kier alpha value is -2.50. The molecule has 0 amide bonds. The fourth-order valence-corrected chi connectivity index (χ4v) is 2.21. The van der Waals surface area contributed by atoms with Crippen molar-refractivity contribution in [1.29, 1.82) is 0 Å². The lowest BCUT2D eigenvalue weighted by atomic mass is 10.1. The van der Waals surface area contributed by atoms with Crippen LogP contribution in [0.4, 0.5) is 30.2 Å². The zero-order valence-electron chi connectivity index (χ0n) is 14.1. The molecule has 0 aliphatic heterocycles. The minimum atomic E-state index is -0.948. The Morgan fingerprint density at radius 1 is 1.04 bits per heavy atom. The molecule has 0 unspecified atom stereocenters. The highest BCUT2D eigenvalue weighted by Crippen LogP contribution is 2.34. The molecule has 3 nitrogen and oxygen atoms in total. The van der Waals surface area contributed by atoms with E-state index in [2.05, 4.69) is 4.99 Å². The molecule has 0 atom stereocenters. The first-order valence-corrected chi connectivity index (χ1v) is 7.56. The average Bonchev–Trinajstić information content (AvgIpc) is 2.56. The Morgan fingerprint density at radius 3 is 2.38 bits per heavy atom. The van der Waals surface area contributed by atoms with E-state index in [0.717, 1.165) is 24.2 Å². The Labute approximate surface area is 140 Å². The lowest BCUT2D eigenvalue weighted by molar-refractivity contribution is 0.509. The van der Waals surface area contributed by atoms with Gasteiger partial charge in [-0.1, -0.05) is 0 Å². The van der Waals surface area contributed by atoms with E-state index < -0.39 is 17.5 Å². The van der Waals surface area contributed by atoms with Gasteiger partial charge in [0.25, 0.3) is 0 Å². The van der Waals surface area contributed by atoms with Gasteiger partial charge in [0.1, 0.15) is 5.82 Å². The maximum absolute atomic E-state index is 14.0. The van der Waals surface area contributed by atoms with Crippen molar-refractivity contribution in [1.82, 2.24) is 4.90 Å². The van der Waals surface area contributed by atoms with Crippen LogP contribution in [0.2, 0.25) is 0 Å². The molecule has 0 saturated heterocycles. The molecule has 6 heteroatoms. The van der Waals surface area contributed by atoms with Crippen LogP contribution < -0.4 is 4.90 Å². The van der Waals surface area contributed by atoms with Crippen molar-refractivity contribution in [3.05, 3.63) is 53.3 Å². The molecule has 0 aromatic heterocycles. The van der Waals surface area contributed by atoms with Crippen molar-refractivity contribution < 1.29 is 13.2 Å². The summed E-state index contributed by atoms with van der Waals surface area (Å²) in [6.45, 7) is 4.57. The summed E-state index contributed by atoms with van der Waals surface area (Å²) in [6, 6.07) is 6.26. The molecule has 0 aliphatic carbocycles. The standard InChI is InChI=1S/C18H20F3N3/c1-5-23(3)11-22-17-8-13(19)9-18(12(17)2)24(4)14-6-7-15(20)16(21)10-14/h6-11H,5H2,1-4H3/b22-11-. The van der Waals surface area contributed by atoms with Crippen molar-refractivity contribution in [2.45, 2.75) is 13.8 Å². The minimum Gasteiger partial charge on any atom is -0.366 e. The third-order valence-electron chi connectivity index (χ3n) is 3.86. The van der Waals surface area contributed by atoms with Gasteiger partial charge >= 0.3 is 0 Å². The van der Waals surface area contributed by atoms with Crippen LogP contribution in [0.5, 0.6) is 0 Å². The molecule has 2 aromatic carbocycles. The van der Waals surface area contributed by atoms with Crippen LogP contribution in [0, 0.1) is 24.4 Å². The van der Waals surface area contributed by atoms with E-state index in [0.29, 0.717) is 17.1 Å². The highest BCUT2D eigenvalue weighted by Gasteiger charge is 2.14. The molecule has 0 fully saturated rings. The molecule has 2 aromatic rings. The quantitative estimate of drug-likeness (QED) is 0.578. The number of aliphatic imine (C=N–C) groups is 1. The second kappa shape index (κ2) is 7.38. The van der Waals surface area contributed by atoms with Gasteiger partial charge in [-0.2, -0.15) is 0 Å². The first-order chi connectivity index (χ1) is 11.3.